The van der Waals surface area contributed by atoms with Gasteiger partial charge < -0.3 is 24.3 Å². The summed E-state index contributed by atoms with van der Waals surface area (Å²) < 4.78 is 16.2. The maximum atomic E-state index is 12.4. The number of carbonyl (C=O) groups is 2. The van der Waals surface area contributed by atoms with E-state index in [0.717, 1.165) is 5.56 Å². The number of carboxylic acid groups (broad SMARTS) is 1. The van der Waals surface area contributed by atoms with E-state index in [1.54, 1.807) is 13.0 Å². The Bertz CT molecular complexity index is 844. The van der Waals surface area contributed by atoms with Gasteiger partial charge in [0.25, 0.3) is 5.91 Å². The van der Waals surface area contributed by atoms with Crippen LogP contribution in [0.25, 0.3) is 0 Å². The van der Waals surface area contributed by atoms with Crippen LogP contribution in [-0.4, -0.2) is 36.7 Å². The molecule has 0 radical (unpaired) electrons. The van der Waals surface area contributed by atoms with Gasteiger partial charge in [-0.3, -0.25) is 9.59 Å². The molecule has 1 aromatic carbocycles. The number of rotatable bonds is 6. The molecule has 0 fully saturated rings. The van der Waals surface area contributed by atoms with Crippen LogP contribution in [0.15, 0.2) is 22.8 Å². The minimum absolute atomic E-state index is 0.148. The molecule has 8 heteroatoms. The predicted molar refractivity (Wildman–Crippen MR) is 93.3 cm³/mol. The molecule has 0 atom stereocenters. The standard InChI is InChI=1S/C18H18ClNO6/c1-10-9-26-13(8-15(21)22)16(10)18(23)20-3-2-11-6-12(19)17-14(7-11)24-4-5-25-17/h6-7,9H,2-5,8H2,1H3,(H,20,23)(H,21,22). The maximum absolute atomic E-state index is 12.4. The number of furan rings is 1. The summed E-state index contributed by atoms with van der Waals surface area (Å²) in [5, 5.41) is 12.2. The predicted octanol–water partition coefficient (Wildman–Crippen LogP) is 2.61. The van der Waals surface area contributed by atoms with E-state index in [0.29, 0.717) is 48.3 Å². The summed E-state index contributed by atoms with van der Waals surface area (Å²) in [5.41, 5.74) is 1.77. The van der Waals surface area contributed by atoms with Crippen molar-refractivity contribution in [1.29, 1.82) is 0 Å². The van der Waals surface area contributed by atoms with Crippen LogP contribution in [0.4, 0.5) is 0 Å². The highest BCUT2D eigenvalue weighted by atomic mass is 35.5. The van der Waals surface area contributed by atoms with Gasteiger partial charge in [0.15, 0.2) is 11.5 Å². The number of hydrogen-bond acceptors (Lipinski definition) is 5. The van der Waals surface area contributed by atoms with Crippen LogP contribution >= 0.6 is 11.6 Å². The zero-order valence-corrected chi connectivity index (χ0v) is 14.9. The smallest absolute Gasteiger partial charge is 0.311 e. The van der Waals surface area contributed by atoms with Crippen LogP contribution in [0.5, 0.6) is 11.5 Å². The number of hydrogen-bond donors (Lipinski definition) is 2. The number of benzene rings is 1. The van der Waals surface area contributed by atoms with Gasteiger partial charge in [-0.05, 0) is 31.0 Å². The van der Waals surface area contributed by atoms with Crippen molar-refractivity contribution in [2.45, 2.75) is 19.8 Å². The van der Waals surface area contributed by atoms with Gasteiger partial charge in [0, 0.05) is 12.1 Å². The first-order chi connectivity index (χ1) is 12.5. The largest absolute Gasteiger partial charge is 0.486 e. The first-order valence-electron chi connectivity index (χ1n) is 8.10. The molecule has 1 aliphatic rings. The lowest BCUT2D eigenvalue weighted by Crippen LogP contribution is -2.27. The van der Waals surface area contributed by atoms with E-state index in [-0.39, 0.29) is 23.7 Å². The Kier molecular flexibility index (Phi) is 5.37. The van der Waals surface area contributed by atoms with Gasteiger partial charge in [-0.15, -0.1) is 0 Å². The molecular weight excluding hydrogens is 362 g/mol. The van der Waals surface area contributed by atoms with E-state index in [1.807, 2.05) is 6.07 Å². The van der Waals surface area contributed by atoms with Crippen molar-refractivity contribution in [2.75, 3.05) is 19.8 Å². The molecule has 0 saturated heterocycles. The van der Waals surface area contributed by atoms with E-state index < -0.39 is 5.97 Å². The van der Waals surface area contributed by atoms with Crippen molar-refractivity contribution >= 4 is 23.5 Å². The Balaban J connectivity index is 1.64. The topological polar surface area (TPSA) is 98.0 Å². The summed E-state index contributed by atoms with van der Waals surface area (Å²) in [7, 11) is 0. The van der Waals surface area contributed by atoms with Crippen LogP contribution in [0.2, 0.25) is 5.02 Å². The quantitative estimate of drug-likeness (QED) is 0.800. The van der Waals surface area contributed by atoms with Crippen molar-refractivity contribution in [2.24, 2.45) is 0 Å². The van der Waals surface area contributed by atoms with Gasteiger partial charge in [0.2, 0.25) is 0 Å². The van der Waals surface area contributed by atoms with Crippen LogP contribution < -0.4 is 14.8 Å². The molecule has 0 bridgehead atoms. The zero-order chi connectivity index (χ0) is 18.7. The first kappa shape index (κ1) is 18.1. The molecule has 138 valence electrons. The van der Waals surface area contributed by atoms with Crippen molar-refractivity contribution in [3.63, 3.8) is 0 Å². The number of carboxylic acids is 1. The summed E-state index contributed by atoms with van der Waals surface area (Å²) in [6.45, 7) is 2.98. The van der Waals surface area contributed by atoms with Gasteiger partial charge in [0.1, 0.15) is 25.4 Å². The number of halogens is 1. The summed E-state index contributed by atoms with van der Waals surface area (Å²) in [6, 6.07) is 3.62. The molecule has 0 unspecified atom stereocenters. The van der Waals surface area contributed by atoms with Crippen LogP contribution in [0, 0.1) is 6.92 Å². The van der Waals surface area contributed by atoms with E-state index in [4.69, 9.17) is 30.6 Å². The minimum atomic E-state index is -1.06. The zero-order valence-electron chi connectivity index (χ0n) is 14.1. The van der Waals surface area contributed by atoms with E-state index >= 15 is 0 Å². The highest BCUT2D eigenvalue weighted by Crippen LogP contribution is 2.38. The van der Waals surface area contributed by atoms with Crippen molar-refractivity contribution < 1.29 is 28.6 Å². The molecule has 1 aliphatic heterocycles. The molecule has 2 aromatic rings. The number of amides is 1. The van der Waals surface area contributed by atoms with Crippen molar-refractivity contribution in [3.05, 3.63) is 45.9 Å². The molecule has 26 heavy (non-hydrogen) atoms. The Hall–Kier alpha value is -2.67. The van der Waals surface area contributed by atoms with Gasteiger partial charge in [-0.25, -0.2) is 0 Å². The van der Waals surface area contributed by atoms with Gasteiger partial charge in [0.05, 0.1) is 16.8 Å². The average molecular weight is 380 g/mol. The summed E-state index contributed by atoms with van der Waals surface area (Å²) in [5.74, 6) is -0.136. The molecule has 2 heterocycles. The van der Waals surface area contributed by atoms with Crippen LogP contribution in [0.3, 0.4) is 0 Å². The summed E-state index contributed by atoms with van der Waals surface area (Å²) in [6.07, 6.45) is 1.58. The molecule has 0 aliphatic carbocycles. The third kappa shape index (κ3) is 3.94. The van der Waals surface area contributed by atoms with Crippen LogP contribution in [-0.2, 0) is 17.6 Å². The fourth-order valence-electron chi connectivity index (χ4n) is 2.79. The molecular formula is C18H18ClNO6. The van der Waals surface area contributed by atoms with E-state index in [2.05, 4.69) is 5.32 Å². The Morgan fingerprint density at radius 2 is 2.04 bits per heavy atom. The molecule has 0 saturated carbocycles. The summed E-state index contributed by atoms with van der Waals surface area (Å²) >= 11 is 6.20. The second-order valence-corrected chi connectivity index (χ2v) is 6.30. The SMILES string of the molecule is Cc1coc(CC(=O)O)c1C(=O)NCCc1cc(Cl)c2c(c1)OCCO2. The normalized spacial score (nSPS) is 12.7. The molecule has 2 N–H and O–H groups in total. The van der Waals surface area contributed by atoms with Gasteiger partial charge in [-0.2, -0.15) is 0 Å². The third-order valence-electron chi connectivity index (χ3n) is 3.95. The van der Waals surface area contributed by atoms with E-state index in [1.165, 1.54) is 6.26 Å². The van der Waals surface area contributed by atoms with Crippen LogP contribution in [0.1, 0.15) is 27.2 Å². The van der Waals surface area contributed by atoms with Gasteiger partial charge >= 0.3 is 5.97 Å². The summed E-state index contributed by atoms with van der Waals surface area (Å²) in [4.78, 5) is 23.3. The molecule has 0 spiro atoms. The van der Waals surface area contributed by atoms with Crippen molar-refractivity contribution in [3.8, 4) is 11.5 Å². The number of carbonyl (C=O) groups excluding carboxylic acids is 1. The number of fused-ring (bicyclic) bond motifs is 1. The molecule has 1 aromatic heterocycles. The van der Waals surface area contributed by atoms with E-state index in [9.17, 15) is 9.59 Å². The lowest BCUT2D eigenvalue weighted by Gasteiger charge is -2.20. The average Bonchev–Trinajstić information content (AvgIpc) is 2.94. The highest BCUT2D eigenvalue weighted by Gasteiger charge is 2.21. The highest BCUT2D eigenvalue weighted by molar-refractivity contribution is 6.32. The fourth-order valence-corrected chi connectivity index (χ4v) is 3.08. The second kappa shape index (κ2) is 7.70. The lowest BCUT2D eigenvalue weighted by molar-refractivity contribution is -0.136. The number of nitrogens with one attached hydrogen (secondary N) is 1. The fraction of sp³-hybridized carbons (Fsp3) is 0.333. The monoisotopic (exact) mass is 379 g/mol. The number of ether oxygens (including phenoxy) is 2. The molecule has 3 rings (SSSR count). The maximum Gasteiger partial charge on any atom is 0.311 e. The second-order valence-electron chi connectivity index (χ2n) is 5.90. The molecule has 1 amide bonds. The Morgan fingerprint density at radius 1 is 1.27 bits per heavy atom. The minimum Gasteiger partial charge on any atom is -0.486 e. The lowest BCUT2D eigenvalue weighted by atomic mass is 10.1. The number of aliphatic carboxylic acids is 1. The first-order valence-corrected chi connectivity index (χ1v) is 8.48. The third-order valence-corrected chi connectivity index (χ3v) is 4.23. The Labute approximate surface area is 154 Å². The van der Waals surface area contributed by atoms with Gasteiger partial charge in [-0.1, -0.05) is 11.6 Å². The van der Waals surface area contributed by atoms with Crippen molar-refractivity contribution in [1.82, 2.24) is 5.32 Å². The number of aryl methyl sites for hydroxylation is 1. The Morgan fingerprint density at radius 3 is 2.81 bits per heavy atom. The molecule has 7 nitrogen and oxygen atoms in total.